The third kappa shape index (κ3) is 13.2. The van der Waals surface area contributed by atoms with Crippen molar-refractivity contribution >= 4 is 17.8 Å². The number of benzene rings is 1. The molecule has 0 saturated heterocycles. The zero-order chi connectivity index (χ0) is 25.2. The number of aliphatic hydroxyl groups is 1. The molecule has 0 spiro atoms. The summed E-state index contributed by atoms with van der Waals surface area (Å²) < 4.78 is 0. The van der Waals surface area contributed by atoms with Crippen molar-refractivity contribution in [2.75, 3.05) is 6.61 Å². The first-order valence-corrected chi connectivity index (χ1v) is 12.6. The monoisotopic (exact) mass is 478 g/mol. The minimum Gasteiger partial charge on any atom is -0.508 e. The van der Waals surface area contributed by atoms with Gasteiger partial charge in [-0.15, -0.1) is 0 Å². The SMILES string of the molecule is CCCCCCCCCCCCCC(=O)N[C@@H](Cc1ccc(O)cc1)C(=O)N[C@@H](CO)C(=O)O. The predicted octanol–water partition coefficient (Wildman–Crippen LogP) is 3.68. The summed E-state index contributed by atoms with van der Waals surface area (Å²) in [6.07, 6.45) is 13.4. The summed E-state index contributed by atoms with van der Waals surface area (Å²) in [6, 6.07) is 3.78. The fourth-order valence-electron chi connectivity index (χ4n) is 3.75. The van der Waals surface area contributed by atoms with E-state index in [2.05, 4.69) is 17.6 Å². The lowest BCUT2D eigenvalue weighted by atomic mass is 10.0. The van der Waals surface area contributed by atoms with Crippen LogP contribution in [-0.4, -0.2) is 51.8 Å². The first-order valence-electron chi connectivity index (χ1n) is 12.6. The van der Waals surface area contributed by atoms with Crippen LogP contribution >= 0.6 is 0 Å². The van der Waals surface area contributed by atoms with Crippen LogP contribution in [0.3, 0.4) is 0 Å². The first kappa shape index (κ1) is 29.4. The Morgan fingerprint density at radius 2 is 1.32 bits per heavy atom. The highest BCUT2D eigenvalue weighted by Crippen LogP contribution is 2.13. The summed E-state index contributed by atoms with van der Waals surface area (Å²) in [7, 11) is 0. The molecule has 8 nitrogen and oxygen atoms in total. The molecule has 0 bridgehead atoms. The number of nitrogens with one attached hydrogen (secondary N) is 2. The molecule has 0 aliphatic heterocycles. The van der Waals surface area contributed by atoms with Crippen molar-refractivity contribution in [3.8, 4) is 5.75 Å². The highest BCUT2D eigenvalue weighted by atomic mass is 16.4. The van der Waals surface area contributed by atoms with Crippen LogP contribution in [0.2, 0.25) is 0 Å². The van der Waals surface area contributed by atoms with Crippen molar-refractivity contribution in [1.29, 1.82) is 0 Å². The molecule has 0 fully saturated rings. The van der Waals surface area contributed by atoms with Gasteiger partial charge in [0.1, 0.15) is 17.8 Å². The lowest BCUT2D eigenvalue weighted by Gasteiger charge is -2.21. The van der Waals surface area contributed by atoms with Crippen LogP contribution in [0.25, 0.3) is 0 Å². The molecule has 1 rings (SSSR count). The molecular formula is C26H42N2O6. The van der Waals surface area contributed by atoms with Gasteiger partial charge in [0.2, 0.25) is 11.8 Å². The molecule has 0 aliphatic carbocycles. The van der Waals surface area contributed by atoms with E-state index >= 15 is 0 Å². The number of phenols is 1. The van der Waals surface area contributed by atoms with Gasteiger partial charge in [0.25, 0.3) is 0 Å². The molecule has 0 radical (unpaired) electrons. The van der Waals surface area contributed by atoms with Gasteiger partial charge in [-0.05, 0) is 24.1 Å². The van der Waals surface area contributed by atoms with Gasteiger partial charge in [0.15, 0.2) is 0 Å². The van der Waals surface area contributed by atoms with Gasteiger partial charge < -0.3 is 26.0 Å². The van der Waals surface area contributed by atoms with Gasteiger partial charge in [-0.3, -0.25) is 9.59 Å². The molecule has 0 unspecified atom stereocenters. The number of aliphatic hydroxyl groups excluding tert-OH is 1. The highest BCUT2D eigenvalue weighted by molar-refractivity contribution is 5.90. The normalized spacial score (nSPS) is 12.6. The fraction of sp³-hybridized carbons (Fsp3) is 0.654. The van der Waals surface area contributed by atoms with Gasteiger partial charge in [-0.2, -0.15) is 0 Å². The van der Waals surface area contributed by atoms with Crippen molar-refractivity contribution in [2.24, 2.45) is 0 Å². The maximum absolute atomic E-state index is 12.6. The number of carboxylic acid groups (broad SMARTS) is 1. The molecule has 8 heteroatoms. The van der Waals surface area contributed by atoms with Crippen molar-refractivity contribution in [3.05, 3.63) is 29.8 Å². The third-order valence-electron chi connectivity index (χ3n) is 5.83. The largest absolute Gasteiger partial charge is 0.508 e. The Hall–Kier alpha value is -2.61. The number of carboxylic acids is 1. The van der Waals surface area contributed by atoms with Crippen molar-refractivity contribution in [3.63, 3.8) is 0 Å². The Labute approximate surface area is 203 Å². The zero-order valence-corrected chi connectivity index (χ0v) is 20.4. The van der Waals surface area contributed by atoms with E-state index in [1.165, 1.54) is 63.5 Å². The second-order valence-corrected chi connectivity index (χ2v) is 8.86. The number of rotatable bonds is 19. The van der Waals surface area contributed by atoms with Gasteiger partial charge in [0, 0.05) is 12.8 Å². The van der Waals surface area contributed by atoms with Gasteiger partial charge in [-0.25, -0.2) is 4.79 Å². The van der Waals surface area contributed by atoms with E-state index in [0.29, 0.717) is 12.0 Å². The van der Waals surface area contributed by atoms with E-state index in [4.69, 9.17) is 5.11 Å². The van der Waals surface area contributed by atoms with E-state index in [9.17, 15) is 24.6 Å². The van der Waals surface area contributed by atoms with E-state index in [1.54, 1.807) is 12.1 Å². The number of aromatic hydroxyl groups is 1. The Morgan fingerprint density at radius 1 is 0.794 bits per heavy atom. The summed E-state index contributed by atoms with van der Waals surface area (Å²) in [4.78, 5) is 36.2. The topological polar surface area (TPSA) is 136 Å². The lowest BCUT2D eigenvalue weighted by molar-refractivity contribution is -0.143. The van der Waals surface area contributed by atoms with Crippen molar-refractivity contribution in [2.45, 2.75) is 102 Å². The van der Waals surface area contributed by atoms with Crippen LogP contribution in [0.1, 0.15) is 89.5 Å². The van der Waals surface area contributed by atoms with Gasteiger partial charge in [0.05, 0.1) is 6.61 Å². The fourth-order valence-corrected chi connectivity index (χ4v) is 3.75. The maximum atomic E-state index is 12.6. The van der Waals surface area contributed by atoms with Crippen molar-refractivity contribution in [1.82, 2.24) is 10.6 Å². The quantitative estimate of drug-likeness (QED) is 0.192. The summed E-state index contributed by atoms with van der Waals surface area (Å²) >= 11 is 0. The molecule has 1 aromatic rings. The molecule has 0 heterocycles. The van der Waals surface area contributed by atoms with E-state index in [1.807, 2.05) is 0 Å². The minimum absolute atomic E-state index is 0.0801. The molecule has 192 valence electrons. The molecule has 2 amide bonds. The highest BCUT2D eigenvalue weighted by Gasteiger charge is 2.26. The Balaban J connectivity index is 2.43. The molecule has 0 saturated carbocycles. The van der Waals surface area contributed by atoms with Gasteiger partial charge >= 0.3 is 5.97 Å². The third-order valence-corrected chi connectivity index (χ3v) is 5.83. The number of amides is 2. The summed E-state index contributed by atoms with van der Waals surface area (Å²) in [5, 5.41) is 32.7. The molecule has 2 atom stereocenters. The molecule has 5 N–H and O–H groups in total. The molecule has 0 aliphatic rings. The van der Waals surface area contributed by atoms with Gasteiger partial charge in [-0.1, -0.05) is 83.3 Å². The average molecular weight is 479 g/mol. The number of hydrogen-bond donors (Lipinski definition) is 5. The van der Waals surface area contributed by atoms with Crippen LogP contribution in [0, 0.1) is 0 Å². The smallest absolute Gasteiger partial charge is 0.328 e. The Kier molecular flexibility index (Phi) is 15.4. The second-order valence-electron chi connectivity index (χ2n) is 8.86. The summed E-state index contributed by atoms with van der Waals surface area (Å²) in [5.41, 5.74) is 0.698. The standard InChI is InChI=1S/C26H42N2O6/c1-2-3-4-5-6-7-8-9-10-11-12-13-24(31)27-22(18-20-14-16-21(30)17-15-20)25(32)28-23(19-29)26(33)34/h14-17,22-23,29-30H,2-13,18-19H2,1H3,(H,27,31)(H,28,32)(H,33,34)/t22-,23-/m0/s1. The zero-order valence-electron chi connectivity index (χ0n) is 20.4. The molecule has 0 aromatic heterocycles. The van der Waals surface area contributed by atoms with Crippen LogP contribution < -0.4 is 10.6 Å². The summed E-state index contributed by atoms with van der Waals surface area (Å²) in [6.45, 7) is 1.47. The lowest BCUT2D eigenvalue weighted by Crippen LogP contribution is -2.53. The Morgan fingerprint density at radius 3 is 1.82 bits per heavy atom. The summed E-state index contributed by atoms with van der Waals surface area (Å²) in [5.74, 6) is -2.23. The van der Waals surface area contributed by atoms with E-state index in [-0.39, 0.29) is 18.1 Å². The number of unbranched alkanes of at least 4 members (excludes halogenated alkanes) is 10. The van der Waals surface area contributed by atoms with Crippen LogP contribution in [0.15, 0.2) is 24.3 Å². The predicted molar refractivity (Wildman–Crippen MR) is 131 cm³/mol. The van der Waals surface area contributed by atoms with Crippen LogP contribution in [0.4, 0.5) is 0 Å². The molecular weight excluding hydrogens is 436 g/mol. The molecule has 34 heavy (non-hydrogen) atoms. The minimum atomic E-state index is -1.45. The van der Waals surface area contributed by atoms with Crippen LogP contribution in [0.5, 0.6) is 5.75 Å². The Bertz CT molecular complexity index is 723. The van der Waals surface area contributed by atoms with Crippen LogP contribution in [-0.2, 0) is 20.8 Å². The number of phenolic OH excluding ortho intramolecular Hbond substituents is 1. The molecule has 1 aromatic carbocycles. The number of hydrogen-bond acceptors (Lipinski definition) is 5. The number of aliphatic carboxylic acids is 1. The average Bonchev–Trinajstić information content (AvgIpc) is 2.81. The first-order chi connectivity index (χ1) is 16.4. The second kappa shape index (κ2) is 17.8. The number of carbonyl (C=O) groups is 3. The maximum Gasteiger partial charge on any atom is 0.328 e. The number of carbonyl (C=O) groups excluding carboxylic acids is 2. The van der Waals surface area contributed by atoms with Crippen molar-refractivity contribution < 1.29 is 29.7 Å². The van der Waals surface area contributed by atoms with E-state index < -0.39 is 30.6 Å². The van der Waals surface area contributed by atoms with E-state index in [0.717, 1.165) is 19.3 Å².